The number of anilines is 1. The molecular weight excluding hydrogens is 389 g/mol. The van der Waals surface area contributed by atoms with Gasteiger partial charge in [-0.05, 0) is 42.0 Å². The third-order valence-electron chi connectivity index (χ3n) is 3.84. The number of thiocarbonyl (C=S) groups is 1. The molecule has 0 aromatic heterocycles. The van der Waals surface area contributed by atoms with E-state index in [1.807, 2.05) is 0 Å². The van der Waals surface area contributed by atoms with Gasteiger partial charge in [-0.15, -0.1) is 0 Å². The molecule has 140 valence electrons. The standard InChI is InChI=1S/C19H16FNO4S2/c1-23-14-7-11(8-15(24-2)17(14)25-3)9-16-18(22)21(19(26)27-16)13-6-4-5-12(20)10-13/h4-10H,1-3H3. The predicted octanol–water partition coefficient (Wildman–Crippen LogP) is 4.26. The lowest BCUT2D eigenvalue weighted by atomic mass is 10.1. The van der Waals surface area contributed by atoms with Crippen LogP contribution < -0.4 is 19.1 Å². The molecule has 0 bridgehead atoms. The van der Waals surface area contributed by atoms with Gasteiger partial charge in [-0.3, -0.25) is 9.69 Å². The number of hydrogen-bond acceptors (Lipinski definition) is 6. The summed E-state index contributed by atoms with van der Waals surface area (Å²) >= 11 is 6.46. The van der Waals surface area contributed by atoms with Crippen LogP contribution in [0.5, 0.6) is 17.2 Å². The van der Waals surface area contributed by atoms with E-state index in [9.17, 15) is 9.18 Å². The smallest absolute Gasteiger partial charge is 0.270 e. The molecular formula is C19H16FNO4S2. The first kappa shape index (κ1) is 19.2. The molecule has 27 heavy (non-hydrogen) atoms. The van der Waals surface area contributed by atoms with Gasteiger partial charge >= 0.3 is 0 Å². The maximum absolute atomic E-state index is 13.5. The van der Waals surface area contributed by atoms with Gasteiger partial charge in [-0.25, -0.2) is 4.39 Å². The molecule has 8 heteroatoms. The fourth-order valence-corrected chi connectivity index (χ4v) is 3.94. The fourth-order valence-electron chi connectivity index (χ4n) is 2.64. The van der Waals surface area contributed by atoms with Gasteiger partial charge in [0, 0.05) is 0 Å². The number of benzene rings is 2. The van der Waals surface area contributed by atoms with Crippen LogP contribution in [0, 0.1) is 5.82 Å². The van der Waals surface area contributed by atoms with Crippen LogP contribution in [0.2, 0.25) is 0 Å². The average molecular weight is 405 g/mol. The topological polar surface area (TPSA) is 48.0 Å². The van der Waals surface area contributed by atoms with Crippen molar-refractivity contribution in [1.29, 1.82) is 0 Å². The summed E-state index contributed by atoms with van der Waals surface area (Å²) in [5.74, 6) is 0.663. The summed E-state index contributed by atoms with van der Waals surface area (Å²) in [6, 6.07) is 9.22. The van der Waals surface area contributed by atoms with Gasteiger partial charge in [-0.2, -0.15) is 0 Å². The largest absolute Gasteiger partial charge is 0.493 e. The molecule has 0 radical (unpaired) electrons. The van der Waals surface area contributed by atoms with Crippen LogP contribution in [0.15, 0.2) is 41.3 Å². The molecule has 1 heterocycles. The number of halogens is 1. The summed E-state index contributed by atoms with van der Waals surface area (Å²) in [5, 5.41) is 0. The minimum absolute atomic E-state index is 0.315. The van der Waals surface area contributed by atoms with Gasteiger partial charge in [0.15, 0.2) is 15.8 Å². The number of rotatable bonds is 5. The molecule has 0 unspecified atom stereocenters. The first-order valence-corrected chi connectivity index (χ1v) is 9.04. The normalized spacial score (nSPS) is 15.4. The summed E-state index contributed by atoms with van der Waals surface area (Å²) in [5.41, 5.74) is 1.08. The molecule has 1 saturated heterocycles. The highest BCUT2D eigenvalue weighted by Crippen LogP contribution is 2.41. The third kappa shape index (κ3) is 3.77. The summed E-state index contributed by atoms with van der Waals surface area (Å²) < 4.78 is 29.8. The maximum Gasteiger partial charge on any atom is 0.270 e. The van der Waals surface area contributed by atoms with Crippen molar-refractivity contribution in [3.63, 3.8) is 0 Å². The van der Waals surface area contributed by atoms with Crippen LogP contribution in [0.25, 0.3) is 6.08 Å². The second kappa shape index (κ2) is 7.98. The zero-order chi connectivity index (χ0) is 19.6. The second-order valence-corrected chi connectivity index (χ2v) is 7.13. The monoisotopic (exact) mass is 405 g/mol. The van der Waals surface area contributed by atoms with Crippen LogP contribution in [0.3, 0.4) is 0 Å². The van der Waals surface area contributed by atoms with Crippen molar-refractivity contribution in [3.8, 4) is 17.2 Å². The predicted molar refractivity (Wildman–Crippen MR) is 108 cm³/mol. The molecule has 0 N–H and O–H groups in total. The Bertz CT molecular complexity index is 920. The number of carbonyl (C=O) groups excluding carboxylic acids is 1. The van der Waals surface area contributed by atoms with Crippen LogP contribution in [0.4, 0.5) is 10.1 Å². The lowest BCUT2D eigenvalue weighted by Gasteiger charge is -2.14. The fraction of sp³-hybridized carbons (Fsp3) is 0.158. The summed E-state index contributed by atoms with van der Waals surface area (Å²) in [7, 11) is 4.55. The Morgan fingerprint density at radius 3 is 2.30 bits per heavy atom. The van der Waals surface area contributed by atoms with Crippen LogP contribution in [-0.2, 0) is 4.79 Å². The highest BCUT2D eigenvalue weighted by molar-refractivity contribution is 8.27. The SMILES string of the molecule is COc1cc(C=C2SC(=S)N(c3cccc(F)c3)C2=O)cc(OC)c1OC. The van der Waals surface area contributed by atoms with Crippen LogP contribution >= 0.6 is 24.0 Å². The van der Waals surface area contributed by atoms with E-state index < -0.39 is 5.82 Å². The van der Waals surface area contributed by atoms with Crippen LogP contribution in [0.1, 0.15) is 5.56 Å². The molecule has 1 fully saturated rings. The van der Waals surface area contributed by atoms with Gasteiger partial charge in [0.2, 0.25) is 5.75 Å². The molecule has 1 aliphatic rings. The minimum atomic E-state index is -0.435. The molecule has 0 atom stereocenters. The van der Waals surface area contributed by atoms with Crippen molar-refractivity contribution in [2.45, 2.75) is 0 Å². The summed E-state index contributed by atoms with van der Waals surface area (Å²) in [6.07, 6.45) is 1.68. The van der Waals surface area contributed by atoms with Crippen molar-refractivity contribution >= 4 is 46.0 Å². The number of ether oxygens (including phenoxy) is 3. The number of methoxy groups -OCH3 is 3. The molecule has 2 aromatic carbocycles. The van der Waals surface area contributed by atoms with Gasteiger partial charge in [0.1, 0.15) is 5.82 Å². The number of hydrogen-bond donors (Lipinski definition) is 0. The second-order valence-electron chi connectivity index (χ2n) is 5.46. The molecule has 0 spiro atoms. The molecule has 5 nitrogen and oxygen atoms in total. The van der Waals surface area contributed by atoms with Crippen molar-refractivity contribution < 1.29 is 23.4 Å². The Morgan fingerprint density at radius 1 is 1.07 bits per heavy atom. The van der Waals surface area contributed by atoms with Crippen molar-refractivity contribution in [2.75, 3.05) is 26.2 Å². The quantitative estimate of drug-likeness (QED) is 0.547. The van der Waals surface area contributed by atoms with E-state index in [1.165, 1.54) is 44.4 Å². The molecule has 0 aliphatic carbocycles. The van der Waals surface area contributed by atoms with Gasteiger partial charge < -0.3 is 14.2 Å². The molecule has 0 saturated carbocycles. The number of nitrogens with zero attached hydrogens (tertiary/aromatic N) is 1. The van der Waals surface area contributed by atoms with E-state index >= 15 is 0 Å². The zero-order valence-electron chi connectivity index (χ0n) is 14.8. The number of amides is 1. The maximum atomic E-state index is 13.5. The summed E-state index contributed by atoms with van der Waals surface area (Å²) in [6.45, 7) is 0. The highest BCUT2D eigenvalue weighted by Gasteiger charge is 2.33. The van der Waals surface area contributed by atoms with E-state index in [1.54, 1.807) is 24.3 Å². The van der Waals surface area contributed by atoms with E-state index in [-0.39, 0.29) is 5.91 Å². The van der Waals surface area contributed by atoms with Crippen molar-refractivity contribution in [3.05, 3.63) is 52.7 Å². The third-order valence-corrected chi connectivity index (χ3v) is 5.15. The number of thioether (sulfide) groups is 1. The average Bonchev–Trinajstić information content (AvgIpc) is 2.94. The lowest BCUT2D eigenvalue weighted by Crippen LogP contribution is -2.27. The first-order chi connectivity index (χ1) is 13.0. The van der Waals surface area contributed by atoms with E-state index in [4.69, 9.17) is 26.4 Å². The Morgan fingerprint density at radius 2 is 1.74 bits per heavy atom. The van der Waals surface area contributed by atoms with Crippen molar-refractivity contribution in [2.24, 2.45) is 0 Å². The highest BCUT2D eigenvalue weighted by atomic mass is 32.2. The zero-order valence-corrected chi connectivity index (χ0v) is 16.4. The molecule has 3 rings (SSSR count). The van der Waals surface area contributed by atoms with E-state index in [2.05, 4.69) is 0 Å². The Kier molecular flexibility index (Phi) is 5.67. The Labute approximate surface area is 165 Å². The van der Waals surface area contributed by atoms with Crippen LogP contribution in [-0.4, -0.2) is 31.6 Å². The minimum Gasteiger partial charge on any atom is -0.493 e. The Balaban J connectivity index is 1.99. The first-order valence-electron chi connectivity index (χ1n) is 7.82. The van der Waals surface area contributed by atoms with Crippen molar-refractivity contribution in [1.82, 2.24) is 0 Å². The summed E-state index contributed by atoms with van der Waals surface area (Å²) in [4.78, 5) is 14.5. The van der Waals surface area contributed by atoms with Gasteiger partial charge in [0.25, 0.3) is 5.91 Å². The van der Waals surface area contributed by atoms with Gasteiger partial charge in [0.05, 0.1) is 31.9 Å². The van der Waals surface area contributed by atoms with E-state index in [0.29, 0.717) is 37.7 Å². The molecule has 2 aromatic rings. The molecule has 1 amide bonds. The number of carbonyl (C=O) groups is 1. The van der Waals surface area contributed by atoms with Gasteiger partial charge in [-0.1, -0.05) is 30.0 Å². The van der Waals surface area contributed by atoms with E-state index in [0.717, 1.165) is 11.8 Å². The Hall–Kier alpha value is -2.58. The lowest BCUT2D eigenvalue weighted by molar-refractivity contribution is -0.113. The molecule has 1 aliphatic heterocycles.